The first-order valence-electron chi connectivity index (χ1n) is 31.4. The van der Waals surface area contributed by atoms with Gasteiger partial charge in [0, 0.05) is 82.2 Å². The second kappa shape index (κ2) is 32.8. The number of nitrogens with one attached hydrogen (secondary N) is 5. The average molecular weight is 1290 g/mol. The third-order valence-electron chi connectivity index (χ3n) is 16.4. The number of carbonyl (C=O) groups excluding carboxylic acids is 4. The summed E-state index contributed by atoms with van der Waals surface area (Å²) in [6.07, 6.45) is 7.37. The third kappa shape index (κ3) is 18.1. The number of hydrogen-bond acceptors (Lipinski definition) is 21. The van der Waals surface area contributed by atoms with Gasteiger partial charge in [-0.2, -0.15) is 5.10 Å². The Kier molecular flexibility index (Phi) is 24.0. The van der Waals surface area contributed by atoms with Gasteiger partial charge in [-0.25, -0.2) is 19.3 Å². The van der Waals surface area contributed by atoms with Gasteiger partial charge in [0.25, 0.3) is 0 Å². The number of piperazine rings is 1. The van der Waals surface area contributed by atoms with Gasteiger partial charge < -0.3 is 64.6 Å². The number of fused-ring (bicyclic) bond motifs is 1. The first-order valence-corrected chi connectivity index (χ1v) is 32.3. The van der Waals surface area contributed by atoms with Crippen molar-refractivity contribution in [2.24, 2.45) is 5.92 Å². The SMILES string of the molecule is Cc1cc([C@H](C(=O)N2C[C@H](O)C[C@H]2C(=O)N[C@@H](CC(=O)NCCOCCOCCOCCOCCOCCNC(=O)CN2CCN(C(O)c3ccc(Nc4nc(C5CC5)cn5c(-c6cn[nH]c6)cnc45)c(F)c3)CC2)c2ccc(-c3scnc3C)cc2)C(C)C)on1. The molecule has 3 fully saturated rings. The third-order valence-corrected chi connectivity index (χ3v) is 17.3. The van der Waals surface area contributed by atoms with Gasteiger partial charge in [0.1, 0.15) is 29.8 Å². The summed E-state index contributed by atoms with van der Waals surface area (Å²) in [4.78, 5) is 74.4. The fourth-order valence-corrected chi connectivity index (χ4v) is 12.1. The van der Waals surface area contributed by atoms with Crippen molar-refractivity contribution in [3.63, 3.8) is 0 Å². The lowest BCUT2D eigenvalue weighted by Crippen LogP contribution is -2.50. The molecule has 1 unspecified atom stereocenters. The molecule has 5 atom stereocenters. The summed E-state index contributed by atoms with van der Waals surface area (Å²) in [6, 6.07) is 12.2. The molecular weight excluding hydrogens is 1210 g/mol. The van der Waals surface area contributed by atoms with Crippen LogP contribution in [-0.2, 0) is 42.9 Å². The van der Waals surface area contributed by atoms with Crippen LogP contribution in [0.25, 0.3) is 27.3 Å². The maximum Gasteiger partial charge on any atom is 0.243 e. The molecule has 4 amide bonds. The van der Waals surface area contributed by atoms with Crippen molar-refractivity contribution >= 4 is 52.1 Å². The molecule has 1 saturated carbocycles. The number of β-amino-alcohol motifs (C(OH)–C–C–N with tert-alkyl or cyclic N) is 1. The molecule has 1 aliphatic carbocycles. The molecule has 10 rings (SSSR count). The Morgan fingerprint density at radius 2 is 1.48 bits per heavy atom. The first kappa shape index (κ1) is 67.3. The molecule has 0 spiro atoms. The Labute approximate surface area is 536 Å². The van der Waals surface area contributed by atoms with Crippen LogP contribution < -0.4 is 21.3 Å². The molecule has 3 aliphatic rings. The molecule has 2 aliphatic heterocycles. The van der Waals surface area contributed by atoms with Gasteiger partial charge in [-0.1, -0.05) is 49.3 Å². The summed E-state index contributed by atoms with van der Waals surface area (Å²) in [7, 11) is 0. The number of aliphatic hydroxyl groups is 2. The number of halogens is 1. The summed E-state index contributed by atoms with van der Waals surface area (Å²) < 4.78 is 51.2. The molecule has 28 heteroatoms. The number of nitrogens with zero attached hydrogens (tertiary/aromatic N) is 9. The van der Waals surface area contributed by atoms with E-state index < -0.39 is 42.1 Å². The maximum absolute atomic E-state index is 15.7. The number of aryl methyl sites for hydroxylation is 2. The summed E-state index contributed by atoms with van der Waals surface area (Å²) >= 11 is 1.52. The van der Waals surface area contributed by atoms with Crippen LogP contribution >= 0.6 is 11.3 Å². The lowest BCUT2D eigenvalue weighted by Gasteiger charge is -2.37. The fraction of sp³-hybridized carbons (Fsp3) is 0.516. The number of H-pyrrole nitrogens is 1. The molecule has 2 aromatic carbocycles. The first-order chi connectivity index (χ1) is 44.7. The van der Waals surface area contributed by atoms with Gasteiger partial charge in [0.05, 0.1) is 142 Å². The molecule has 5 aromatic heterocycles. The smallest absolute Gasteiger partial charge is 0.243 e. The second-order valence-corrected chi connectivity index (χ2v) is 24.4. The van der Waals surface area contributed by atoms with Crippen LogP contribution in [0.15, 0.2) is 83.4 Å². The van der Waals surface area contributed by atoms with Gasteiger partial charge >= 0.3 is 0 Å². The zero-order valence-electron chi connectivity index (χ0n) is 52.4. The molecule has 92 heavy (non-hydrogen) atoms. The summed E-state index contributed by atoms with van der Waals surface area (Å²) in [5.41, 5.74) is 8.79. The minimum Gasteiger partial charge on any atom is -0.391 e. The Morgan fingerprint density at radius 1 is 0.815 bits per heavy atom. The van der Waals surface area contributed by atoms with E-state index in [1.165, 1.54) is 22.3 Å². The monoisotopic (exact) mass is 1290 g/mol. The van der Waals surface area contributed by atoms with E-state index in [1.54, 1.807) is 49.2 Å². The van der Waals surface area contributed by atoms with Crippen LogP contribution in [0.3, 0.4) is 0 Å². The van der Waals surface area contributed by atoms with Crippen LogP contribution in [0, 0.1) is 25.6 Å². The molecule has 26 nitrogen and oxygen atoms in total. The van der Waals surface area contributed by atoms with E-state index in [-0.39, 0.29) is 68.4 Å². The molecule has 0 bridgehead atoms. The van der Waals surface area contributed by atoms with E-state index in [2.05, 4.69) is 46.6 Å². The summed E-state index contributed by atoms with van der Waals surface area (Å²) in [5, 5.41) is 44.8. The van der Waals surface area contributed by atoms with Crippen molar-refractivity contribution in [1.29, 1.82) is 0 Å². The van der Waals surface area contributed by atoms with E-state index >= 15 is 4.39 Å². The van der Waals surface area contributed by atoms with Gasteiger partial charge in [0.2, 0.25) is 23.6 Å². The van der Waals surface area contributed by atoms with Crippen LogP contribution in [-0.4, -0.2) is 214 Å². The largest absolute Gasteiger partial charge is 0.391 e. The number of aliphatic hydroxyl groups excluding tert-OH is 2. The molecule has 7 N–H and O–H groups in total. The number of amides is 4. The number of hydrogen-bond donors (Lipinski definition) is 7. The number of carbonyl (C=O) groups is 4. The van der Waals surface area contributed by atoms with Crippen molar-refractivity contribution in [3.8, 4) is 21.7 Å². The number of benzene rings is 2. The zero-order chi connectivity index (χ0) is 64.5. The Morgan fingerprint density at radius 3 is 2.08 bits per heavy atom. The van der Waals surface area contributed by atoms with Crippen LogP contribution in [0.4, 0.5) is 15.9 Å². The van der Waals surface area contributed by atoms with Gasteiger partial charge in [0.15, 0.2) is 11.5 Å². The van der Waals surface area contributed by atoms with Gasteiger partial charge in [-0.3, -0.25) is 38.5 Å². The van der Waals surface area contributed by atoms with Gasteiger partial charge in [-0.05, 0) is 61.4 Å². The van der Waals surface area contributed by atoms with Crippen molar-refractivity contribution in [3.05, 3.63) is 119 Å². The quantitative estimate of drug-likeness (QED) is 0.0252. The number of ether oxygens (including phenoxy) is 5. The molecule has 7 aromatic rings. The molecular formula is C64H83FN14O12S. The van der Waals surface area contributed by atoms with E-state index in [1.807, 2.05) is 65.4 Å². The Bertz CT molecular complexity index is 3520. The number of thiazole rings is 1. The van der Waals surface area contributed by atoms with Crippen LogP contribution in [0.1, 0.15) is 97.6 Å². The highest BCUT2D eigenvalue weighted by atomic mass is 32.1. The van der Waals surface area contributed by atoms with Crippen molar-refractivity contribution in [2.45, 2.75) is 89.6 Å². The van der Waals surface area contributed by atoms with Crippen molar-refractivity contribution in [1.82, 2.24) is 65.4 Å². The Hall–Kier alpha value is -7.64. The zero-order valence-corrected chi connectivity index (χ0v) is 53.2. The molecule has 2 saturated heterocycles. The Balaban J connectivity index is 0.540. The molecule has 494 valence electrons. The number of aromatic nitrogens is 7. The van der Waals surface area contributed by atoms with Crippen molar-refractivity contribution in [2.75, 3.05) is 124 Å². The highest BCUT2D eigenvalue weighted by Crippen LogP contribution is 2.41. The minimum absolute atomic E-state index is 0.0180. The van der Waals surface area contributed by atoms with Crippen LogP contribution in [0.2, 0.25) is 0 Å². The maximum atomic E-state index is 15.7. The number of imidazole rings is 1. The van der Waals surface area contributed by atoms with Crippen molar-refractivity contribution < 1.29 is 62.0 Å². The topological polar surface area (TPSA) is 311 Å². The highest BCUT2D eigenvalue weighted by Gasteiger charge is 2.44. The molecule has 7 heterocycles. The average Bonchev–Trinajstić information content (AvgIpc) is 1.60. The normalized spacial score (nSPS) is 17.3. The molecule has 0 radical (unpaired) electrons. The van der Waals surface area contributed by atoms with E-state index in [9.17, 15) is 29.4 Å². The number of anilines is 2. The lowest BCUT2D eigenvalue weighted by molar-refractivity contribution is -0.141. The standard InChI is InChI=1S/C64H83FN14O12S/c1-40(2)58(55-29-41(3)75-91-55)64(85)79-36-48(80)31-53(79)62(83)74-51(43-7-9-45(10-8-43)59-42(4)69-39-92-59)32-56(81)66-13-19-86-21-23-88-25-27-90-28-26-89-24-22-87-20-14-67-57(82)38-76-15-17-77(18-16-76)63(84)46-11-12-50(49(65)30-46)72-60-61-68-35-54(47-33-70-71-34-47)78(61)37-52(73-60)44-5-6-44/h7-12,29-30,33-35,37,39-40,44,48,51,53,58,63,80,84H,5-6,13-28,31-32,36,38H2,1-4H3,(H,66,81)(H,67,82)(H,70,71)(H,72,73)(H,74,83)/t48-,51+,53+,58-,63?/m1/s1. The lowest BCUT2D eigenvalue weighted by atomic mass is 9.91. The van der Waals surface area contributed by atoms with E-state index in [0.29, 0.717) is 132 Å². The summed E-state index contributed by atoms with van der Waals surface area (Å²) in [6.45, 7) is 13.7. The highest BCUT2D eigenvalue weighted by molar-refractivity contribution is 7.13. The predicted octanol–water partition coefficient (Wildman–Crippen LogP) is 5.18. The predicted molar refractivity (Wildman–Crippen MR) is 338 cm³/mol. The number of rotatable bonds is 35. The second-order valence-electron chi connectivity index (χ2n) is 23.6. The van der Waals surface area contributed by atoms with Crippen LogP contribution in [0.5, 0.6) is 0 Å². The van der Waals surface area contributed by atoms with E-state index in [4.69, 9.17) is 33.2 Å². The minimum atomic E-state index is -1.02. The van der Waals surface area contributed by atoms with Gasteiger partial charge in [-0.15, -0.1) is 11.3 Å². The van der Waals surface area contributed by atoms with E-state index in [0.717, 1.165) is 45.9 Å². The number of aromatic amines is 1. The summed E-state index contributed by atoms with van der Waals surface area (Å²) in [5.74, 6) is -1.49. The fourth-order valence-electron chi connectivity index (χ4n) is 11.3. The number of likely N-dealkylation sites (tertiary alicyclic amines) is 1.